The first-order chi connectivity index (χ1) is 62.5. The lowest BCUT2D eigenvalue weighted by Crippen LogP contribution is -1.97. The molecule has 26 rings (SSSR count). The maximum atomic E-state index is 5.43. The van der Waals surface area contributed by atoms with Crippen LogP contribution in [-0.2, 0) is 0 Å². The van der Waals surface area contributed by atoms with Gasteiger partial charge in [-0.2, -0.15) is 0 Å². The number of para-hydroxylation sites is 4. The lowest BCUT2D eigenvalue weighted by Gasteiger charge is -2.16. The van der Waals surface area contributed by atoms with Gasteiger partial charge in [0.25, 0.3) is 0 Å². The van der Waals surface area contributed by atoms with Crippen LogP contribution in [0.15, 0.2) is 455 Å². The summed E-state index contributed by atoms with van der Waals surface area (Å²) in [5, 5.41) is 29.6. The minimum Gasteiger partial charge on any atom is -0.309 e. The molecule has 0 radical (unpaired) electrons. The van der Waals surface area contributed by atoms with Crippen molar-refractivity contribution >= 4 is 151 Å². The molecule has 0 aliphatic carbocycles. The van der Waals surface area contributed by atoms with Gasteiger partial charge >= 0.3 is 0 Å². The van der Waals surface area contributed by atoms with Crippen LogP contribution in [0.3, 0.4) is 0 Å². The predicted octanol–water partition coefficient (Wildman–Crippen LogP) is 32.6. The van der Waals surface area contributed by atoms with Crippen molar-refractivity contribution in [3.63, 3.8) is 0 Å². The molecule has 0 fully saturated rings. The molecular weight excluding hydrogens is 1520 g/mol. The Hall–Kier alpha value is -16.7. The van der Waals surface area contributed by atoms with Gasteiger partial charge < -0.3 is 9.13 Å². The van der Waals surface area contributed by atoms with Crippen LogP contribution < -0.4 is 0 Å². The summed E-state index contributed by atoms with van der Waals surface area (Å²) in [6, 6.07) is 165. The normalized spacial score (nSPS) is 11.8. The summed E-state index contributed by atoms with van der Waals surface area (Å²) >= 11 is 0. The van der Waals surface area contributed by atoms with E-state index in [2.05, 4.69) is 464 Å². The van der Waals surface area contributed by atoms with Gasteiger partial charge in [-0.1, -0.05) is 388 Å². The Bertz CT molecular complexity index is 8210. The molecule has 0 amide bonds. The van der Waals surface area contributed by atoms with E-state index in [-0.39, 0.29) is 0 Å². The van der Waals surface area contributed by atoms with E-state index in [4.69, 9.17) is 15.0 Å². The van der Waals surface area contributed by atoms with Crippen molar-refractivity contribution in [2.24, 2.45) is 0 Å². The van der Waals surface area contributed by atoms with E-state index in [0.29, 0.717) is 5.82 Å². The maximum Gasteiger partial charge on any atom is 0.161 e. The molecule has 4 aromatic heterocycles. The van der Waals surface area contributed by atoms with Gasteiger partial charge in [-0.25, -0.2) is 15.0 Å². The van der Waals surface area contributed by atoms with Crippen LogP contribution in [0.25, 0.3) is 253 Å². The van der Waals surface area contributed by atoms with Crippen molar-refractivity contribution < 1.29 is 0 Å². The molecule has 5 nitrogen and oxygen atoms in total. The molecule has 126 heavy (non-hydrogen) atoms. The lowest BCUT2D eigenvalue weighted by molar-refractivity contribution is 1.19. The molecule has 0 spiro atoms. The quantitative estimate of drug-likeness (QED) is 0.128. The van der Waals surface area contributed by atoms with E-state index < -0.39 is 0 Å². The van der Waals surface area contributed by atoms with E-state index >= 15 is 0 Å². The molecule has 4 heterocycles. The second kappa shape index (κ2) is 29.6. The van der Waals surface area contributed by atoms with Crippen LogP contribution in [0.5, 0.6) is 0 Å². The van der Waals surface area contributed by atoms with Crippen molar-refractivity contribution in [1.29, 1.82) is 0 Å². The van der Waals surface area contributed by atoms with Gasteiger partial charge in [0.1, 0.15) is 0 Å². The summed E-state index contributed by atoms with van der Waals surface area (Å²) in [6.45, 7) is 0. The van der Waals surface area contributed by atoms with Gasteiger partial charge in [-0.3, -0.25) is 0 Å². The Morgan fingerprint density at radius 3 is 0.897 bits per heavy atom. The zero-order valence-electron chi connectivity index (χ0n) is 68.5. The van der Waals surface area contributed by atoms with Crippen LogP contribution in [0.2, 0.25) is 0 Å². The van der Waals surface area contributed by atoms with Crippen molar-refractivity contribution in [2.75, 3.05) is 0 Å². The average molecular weight is 1600 g/mol. The van der Waals surface area contributed by atoms with Gasteiger partial charge in [0.2, 0.25) is 0 Å². The smallest absolute Gasteiger partial charge is 0.161 e. The fourth-order valence-electron chi connectivity index (χ4n) is 20.5. The first-order valence-corrected chi connectivity index (χ1v) is 43.3. The van der Waals surface area contributed by atoms with E-state index in [1.165, 1.54) is 163 Å². The highest BCUT2D eigenvalue weighted by Gasteiger charge is 2.26. The van der Waals surface area contributed by atoms with Crippen LogP contribution >= 0.6 is 0 Å². The van der Waals surface area contributed by atoms with Crippen LogP contribution in [0.4, 0.5) is 0 Å². The Balaban J connectivity index is 0.000000137. The van der Waals surface area contributed by atoms with Crippen LogP contribution in [-0.4, -0.2) is 24.1 Å². The van der Waals surface area contributed by atoms with E-state index in [0.717, 1.165) is 83.9 Å². The molecule has 5 heteroatoms. The van der Waals surface area contributed by atoms with Crippen molar-refractivity contribution in [3.8, 4) is 101 Å². The molecule has 0 saturated heterocycles. The largest absolute Gasteiger partial charge is 0.309 e. The van der Waals surface area contributed by atoms with Crippen LogP contribution in [0, 0.1) is 0 Å². The van der Waals surface area contributed by atoms with E-state index in [9.17, 15) is 0 Å². The first kappa shape index (κ1) is 72.1. The third-order valence-corrected chi connectivity index (χ3v) is 26.1. The standard InChI is InChI=1S/C61H38N2.C60H37N3/c1-2-20-44(21-3-1)63-58-31-13-12-28-53(58)60-59-51-26-10-8-24-48(51)54(38-55(59)49-25-9-11-27-52(49)61(60)63)41-32-34-42(35-33-41)56-36-43(47-29-14-18-39-16-4-6-22-45(39)47)37-57(62-56)50-30-15-19-40-17-5-7-23-46(40)50;1-2-20-42(21-3-1)63-56-31-13-12-28-51(56)58-57-48-26-10-8-24-45(48)52(36-53(57)46-25-9-11-27-49(46)59(58)63)40-32-34-41(35-33-40)54-37-55(47-29-14-18-38-16-4-6-22-43(38)47)62-60(61-54)50-30-15-19-39-17-5-7-23-44(39)50/h1-38H;1-37H. The second-order valence-electron chi connectivity index (χ2n) is 33.0. The summed E-state index contributed by atoms with van der Waals surface area (Å²) in [4.78, 5) is 16.1. The van der Waals surface area contributed by atoms with Gasteiger partial charge in [-0.05, 0) is 186 Å². The SMILES string of the molecule is c1ccc(-n2c3ccccc3c3c4c5ccccc5c(-c5ccc(-c6cc(-c7cccc8ccccc78)cc(-c7cccc8ccccc78)n6)cc5)cc4c4ccccc4c32)cc1.c1ccc(-n2c3ccccc3c3c4c5ccccc5c(-c5ccc(-c6cc(-c7cccc8ccccc78)nc(-c7cccc8ccccc78)n6)cc5)cc4c4ccccc4c32)cc1. The van der Waals surface area contributed by atoms with Crippen molar-refractivity contribution in [2.45, 2.75) is 0 Å². The Kier molecular flexibility index (Phi) is 16.9. The van der Waals surface area contributed by atoms with Crippen molar-refractivity contribution in [3.05, 3.63) is 455 Å². The fourth-order valence-corrected chi connectivity index (χ4v) is 20.5. The molecule has 0 saturated carbocycles. The average Bonchev–Trinajstić information content (AvgIpc) is 1.51. The zero-order valence-corrected chi connectivity index (χ0v) is 68.5. The number of pyridine rings is 1. The highest BCUT2D eigenvalue weighted by molar-refractivity contribution is 6.40. The molecule has 0 unspecified atom stereocenters. The second-order valence-corrected chi connectivity index (χ2v) is 33.0. The van der Waals surface area contributed by atoms with Gasteiger partial charge in [-0.15, -0.1) is 0 Å². The number of nitrogens with zero attached hydrogens (tertiary/aromatic N) is 5. The molecule has 26 aromatic rings. The van der Waals surface area contributed by atoms with Crippen molar-refractivity contribution in [1.82, 2.24) is 24.1 Å². The fraction of sp³-hybridized carbons (Fsp3) is 0. The summed E-state index contributed by atoms with van der Waals surface area (Å²) in [7, 11) is 0. The molecule has 0 aliphatic rings. The van der Waals surface area contributed by atoms with Gasteiger partial charge in [0.15, 0.2) is 5.82 Å². The van der Waals surface area contributed by atoms with Crippen LogP contribution in [0.1, 0.15) is 0 Å². The monoisotopic (exact) mass is 1600 g/mol. The number of rotatable bonds is 10. The van der Waals surface area contributed by atoms with E-state index in [1.807, 2.05) is 0 Å². The number of hydrogen-bond acceptors (Lipinski definition) is 3. The number of fused-ring (bicyclic) bond motifs is 24. The molecule has 22 aromatic carbocycles. The highest BCUT2D eigenvalue weighted by Crippen LogP contribution is 2.51. The third kappa shape index (κ3) is 11.7. The highest BCUT2D eigenvalue weighted by atomic mass is 15.0. The zero-order chi connectivity index (χ0) is 82.9. The molecule has 0 N–H and O–H groups in total. The van der Waals surface area contributed by atoms with Gasteiger partial charge in [0.05, 0.1) is 44.8 Å². The summed E-state index contributed by atoms with van der Waals surface area (Å²) < 4.78 is 4.92. The Morgan fingerprint density at radius 1 is 0.151 bits per heavy atom. The Morgan fingerprint density at radius 2 is 0.452 bits per heavy atom. The molecule has 0 aliphatic heterocycles. The first-order valence-electron chi connectivity index (χ1n) is 43.3. The summed E-state index contributed by atoms with van der Waals surface area (Å²) in [6.07, 6.45) is 0. The number of hydrogen-bond donors (Lipinski definition) is 0. The lowest BCUT2D eigenvalue weighted by atomic mass is 9.88. The minimum atomic E-state index is 0.712. The molecule has 0 bridgehead atoms. The summed E-state index contributed by atoms with van der Waals surface area (Å²) in [5.41, 5.74) is 23.4. The summed E-state index contributed by atoms with van der Waals surface area (Å²) in [5.74, 6) is 0.712. The third-order valence-electron chi connectivity index (χ3n) is 26.1. The maximum absolute atomic E-state index is 5.43. The Labute approximate surface area is 726 Å². The molecule has 584 valence electrons. The minimum absolute atomic E-state index is 0.712. The number of benzene rings is 22. The predicted molar refractivity (Wildman–Crippen MR) is 533 cm³/mol. The topological polar surface area (TPSA) is 48.5 Å². The molecule has 0 atom stereocenters. The number of aromatic nitrogens is 5. The van der Waals surface area contributed by atoms with E-state index in [1.54, 1.807) is 0 Å². The molecular formula is C121H75N5. The van der Waals surface area contributed by atoms with Gasteiger partial charge in [0, 0.05) is 82.3 Å².